The number of nitrogens with zero attached hydrogens (tertiary/aromatic N) is 1. The summed E-state index contributed by atoms with van der Waals surface area (Å²) in [5.41, 5.74) is 0.837. The highest BCUT2D eigenvalue weighted by atomic mass is 16.6. The second-order valence-corrected chi connectivity index (χ2v) is 5.24. The monoisotopic (exact) mass is 324 g/mol. The summed E-state index contributed by atoms with van der Waals surface area (Å²) in [7, 11) is 0. The first-order valence-corrected chi connectivity index (χ1v) is 7.04. The van der Waals surface area contributed by atoms with E-state index in [4.69, 9.17) is 4.42 Å². The van der Waals surface area contributed by atoms with Gasteiger partial charge in [-0.1, -0.05) is 6.07 Å². The van der Waals surface area contributed by atoms with Crippen LogP contribution in [0.5, 0.6) is 0 Å². The summed E-state index contributed by atoms with van der Waals surface area (Å²) in [6.45, 7) is 1.75. The molecule has 0 aliphatic carbocycles. The molecule has 1 aromatic heterocycles. The van der Waals surface area contributed by atoms with Gasteiger partial charge in [0.2, 0.25) is 0 Å². The van der Waals surface area contributed by atoms with Crippen molar-refractivity contribution in [2.24, 2.45) is 0 Å². The number of nitro benzene ring substituents is 1. The third kappa shape index (κ3) is 3.00. The van der Waals surface area contributed by atoms with Crippen LogP contribution in [0.4, 0.5) is 11.4 Å². The molecule has 24 heavy (non-hydrogen) atoms. The maximum absolute atomic E-state index is 12.4. The SMILES string of the molecule is Cc1ccc([N+](=O)[O-])c(C(=O)Nc2ccc3oc(=O)ccc3c2)c1. The Morgan fingerprint density at radius 3 is 2.67 bits per heavy atom. The smallest absolute Gasteiger partial charge is 0.336 e. The number of amides is 1. The Labute approximate surface area is 135 Å². The fraction of sp³-hybridized carbons (Fsp3) is 0.0588. The zero-order valence-corrected chi connectivity index (χ0v) is 12.6. The van der Waals surface area contributed by atoms with Crippen molar-refractivity contribution in [2.45, 2.75) is 6.92 Å². The average Bonchev–Trinajstić information content (AvgIpc) is 2.54. The summed E-state index contributed by atoms with van der Waals surface area (Å²) in [5, 5.41) is 14.3. The Balaban J connectivity index is 1.95. The fourth-order valence-electron chi connectivity index (χ4n) is 2.34. The molecule has 0 saturated heterocycles. The Morgan fingerprint density at radius 1 is 1.12 bits per heavy atom. The molecule has 1 heterocycles. The van der Waals surface area contributed by atoms with Crippen LogP contribution in [0, 0.1) is 17.0 Å². The molecule has 3 rings (SSSR count). The fourth-order valence-corrected chi connectivity index (χ4v) is 2.34. The van der Waals surface area contributed by atoms with Crippen molar-refractivity contribution in [2.75, 3.05) is 5.32 Å². The molecule has 0 aliphatic rings. The third-order valence-electron chi connectivity index (χ3n) is 3.47. The summed E-state index contributed by atoms with van der Waals surface area (Å²) in [6.07, 6.45) is 0. The molecule has 0 aliphatic heterocycles. The van der Waals surface area contributed by atoms with Gasteiger partial charge in [0.1, 0.15) is 11.1 Å². The van der Waals surface area contributed by atoms with Gasteiger partial charge in [-0.05, 0) is 42.8 Å². The van der Waals surface area contributed by atoms with Gasteiger partial charge < -0.3 is 9.73 Å². The van der Waals surface area contributed by atoms with E-state index in [-0.39, 0.29) is 11.3 Å². The Morgan fingerprint density at radius 2 is 1.92 bits per heavy atom. The first-order chi connectivity index (χ1) is 11.4. The second-order valence-electron chi connectivity index (χ2n) is 5.24. The van der Waals surface area contributed by atoms with E-state index >= 15 is 0 Å². The zero-order valence-electron chi connectivity index (χ0n) is 12.6. The summed E-state index contributed by atoms with van der Waals surface area (Å²) in [5.74, 6) is -0.581. The van der Waals surface area contributed by atoms with E-state index in [1.807, 2.05) is 0 Å². The van der Waals surface area contributed by atoms with Crippen LogP contribution in [0.25, 0.3) is 11.0 Å². The molecule has 0 unspecified atom stereocenters. The van der Waals surface area contributed by atoms with Crippen molar-refractivity contribution in [3.8, 4) is 0 Å². The summed E-state index contributed by atoms with van der Waals surface area (Å²) in [6, 6.07) is 11.9. The highest BCUT2D eigenvalue weighted by Crippen LogP contribution is 2.23. The lowest BCUT2D eigenvalue weighted by atomic mass is 10.1. The molecule has 0 atom stereocenters. The first-order valence-electron chi connectivity index (χ1n) is 7.04. The Bertz CT molecular complexity index is 1020. The topological polar surface area (TPSA) is 102 Å². The number of aryl methyl sites for hydroxylation is 1. The van der Waals surface area contributed by atoms with Gasteiger partial charge in [-0.3, -0.25) is 14.9 Å². The number of rotatable bonds is 3. The van der Waals surface area contributed by atoms with Crippen molar-refractivity contribution >= 4 is 28.3 Å². The third-order valence-corrected chi connectivity index (χ3v) is 3.47. The molecule has 0 radical (unpaired) electrons. The molecule has 1 amide bonds. The summed E-state index contributed by atoms with van der Waals surface area (Å²) < 4.78 is 5.01. The molecule has 0 spiro atoms. The number of fused-ring (bicyclic) bond motifs is 1. The molecule has 0 bridgehead atoms. The number of anilines is 1. The first kappa shape index (κ1) is 15.4. The van der Waals surface area contributed by atoms with Crippen molar-refractivity contribution in [1.82, 2.24) is 0 Å². The lowest BCUT2D eigenvalue weighted by molar-refractivity contribution is -0.385. The van der Waals surface area contributed by atoms with E-state index in [1.54, 1.807) is 37.3 Å². The molecule has 3 aromatic rings. The molecular formula is C17H12N2O5. The van der Waals surface area contributed by atoms with Gasteiger partial charge in [-0.2, -0.15) is 0 Å². The molecule has 2 aromatic carbocycles. The maximum atomic E-state index is 12.4. The number of hydrogen-bond donors (Lipinski definition) is 1. The van der Waals surface area contributed by atoms with Crippen LogP contribution in [0.15, 0.2) is 57.7 Å². The van der Waals surface area contributed by atoms with Crippen LogP contribution in [0.3, 0.4) is 0 Å². The molecule has 0 fully saturated rings. The van der Waals surface area contributed by atoms with Crippen LogP contribution in [-0.4, -0.2) is 10.8 Å². The number of carbonyl (C=O) groups is 1. The van der Waals surface area contributed by atoms with Gasteiger partial charge in [0.25, 0.3) is 11.6 Å². The van der Waals surface area contributed by atoms with Crippen molar-refractivity contribution < 1.29 is 14.1 Å². The standard InChI is InChI=1S/C17H12N2O5/c1-10-2-5-14(19(22)23)13(8-10)17(21)18-12-4-6-15-11(9-12)3-7-16(20)24-15/h2-9H,1H3,(H,18,21). The molecule has 120 valence electrons. The lowest BCUT2D eigenvalue weighted by Gasteiger charge is -2.07. The van der Waals surface area contributed by atoms with Crippen LogP contribution in [-0.2, 0) is 0 Å². The van der Waals surface area contributed by atoms with Gasteiger partial charge in [0.15, 0.2) is 0 Å². The highest BCUT2D eigenvalue weighted by molar-refractivity contribution is 6.07. The van der Waals surface area contributed by atoms with Gasteiger partial charge >= 0.3 is 5.63 Å². The minimum atomic E-state index is -0.594. The number of carbonyl (C=O) groups excluding carboxylic acids is 1. The molecule has 1 N–H and O–H groups in total. The van der Waals surface area contributed by atoms with Crippen molar-refractivity contribution in [1.29, 1.82) is 0 Å². The van der Waals surface area contributed by atoms with Crippen molar-refractivity contribution in [3.63, 3.8) is 0 Å². The van der Waals surface area contributed by atoms with Gasteiger partial charge in [-0.25, -0.2) is 4.79 Å². The van der Waals surface area contributed by atoms with Crippen LogP contribution < -0.4 is 10.9 Å². The minimum absolute atomic E-state index is 0.0142. The quantitative estimate of drug-likeness (QED) is 0.452. The van der Waals surface area contributed by atoms with Gasteiger partial charge in [0.05, 0.1) is 4.92 Å². The largest absolute Gasteiger partial charge is 0.423 e. The number of hydrogen-bond acceptors (Lipinski definition) is 5. The zero-order chi connectivity index (χ0) is 17.3. The molecular weight excluding hydrogens is 312 g/mol. The van der Waals surface area contributed by atoms with Crippen LogP contribution in [0.2, 0.25) is 0 Å². The van der Waals surface area contributed by atoms with Crippen molar-refractivity contribution in [3.05, 3.63) is 80.2 Å². The number of nitro groups is 1. The minimum Gasteiger partial charge on any atom is -0.423 e. The molecule has 7 nitrogen and oxygen atoms in total. The Hall–Kier alpha value is -3.48. The van der Waals surface area contributed by atoms with E-state index < -0.39 is 16.5 Å². The highest BCUT2D eigenvalue weighted by Gasteiger charge is 2.20. The number of benzene rings is 2. The second kappa shape index (κ2) is 5.96. The van der Waals surface area contributed by atoms with Gasteiger partial charge in [-0.15, -0.1) is 0 Å². The van der Waals surface area contributed by atoms with E-state index in [2.05, 4.69) is 5.32 Å². The average molecular weight is 324 g/mol. The van der Waals surface area contributed by atoms with Crippen LogP contribution >= 0.6 is 0 Å². The summed E-state index contributed by atoms with van der Waals surface area (Å²) in [4.78, 5) is 34.0. The van der Waals surface area contributed by atoms with E-state index in [9.17, 15) is 19.7 Å². The lowest BCUT2D eigenvalue weighted by Crippen LogP contribution is -2.14. The number of nitrogens with one attached hydrogen (secondary N) is 1. The molecule has 7 heteroatoms. The Kier molecular flexibility index (Phi) is 3.83. The predicted molar refractivity (Wildman–Crippen MR) is 88.3 cm³/mol. The van der Waals surface area contributed by atoms with E-state index in [0.717, 1.165) is 5.56 Å². The normalized spacial score (nSPS) is 10.5. The van der Waals surface area contributed by atoms with Crippen LogP contribution in [0.1, 0.15) is 15.9 Å². The van der Waals surface area contributed by atoms with E-state index in [0.29, 0.717) is 16.7 Å². The maximum Gasteiger partial charge on any atom is 0.336 e. The van der Waals surface area contributed by atoms with Gasteiger partial charge in [0, 0.05) is 23.2 Å². The predicted octanol–water partition coefficient (Wildman–Crippen LogP) is 3.26. The summed E-state index contributed by atoms with van der Waals surface area (Å²) >= 11 is 0. The van der Waals surface area contributed by atoms with E-state index in [1.165, 1.54) is 18.2 Å². The molecule has 0 saturated carbocycles.